The minimum absolute atomic E-state index is 0.0227. The maximum absolute atomic E-state index is 13.0. The molecule has 0 aromatic heterocycles. The Labute approximate surface area is 238 Å². The summed E-state index contributed by atoms with van der Waals surface area (Å²) in [6.07, 6.45) is 0.608. The molecule has 2 bridgehead atoms. The lowest BCUT2D eigenvalue weighted by molar-refractivity contribution is 0.0746. The molecule has 0 spiro atoms. The maximum atomic E-state index is 13.0. The summed E-state index contributed by atoms with van der Waals surface area (Å²) in [5, 5.41) is 2.77. The summed E-state index contributed by atoms with van der Waals surface area (Å²) >= 11 is 0. The zero-order valence-corrected chi connectivity index (χ0v) is 24.5. The van der Waals surface area contributed by atoms with Crippen LogP contribution in [0.4, 0.5) is 0 Å². The van der Waals surface area contributed by atoms with Crippen molar-refractivity contribution >= 4 is 15.7 Å². The average molecular weight is 565 g/mol. The fourth-order valence-corrected chi connectivity index (χ4v) is 5.99. The van der Waals surface area contributed by atoms with Crippen LogP contribution >= 0.6 is 0 Å². The van der Waals surface area contributed by atoms with E-state index in [1.807, 2.05) is 19.1 Å². The van der Waals surface area contributed by atoms with Gasteiger partial charge < -0.3 is 14.8 Å². The van der Waals surface area contributed by atoms with E-state index >= 15 is 0 Å². The van der Waals surface area contributed by atoms with Gasteiger partial charge >= 0.3 is 0 Å². The monoisotopic (exact) mass is 564 g/mol. The van der Waals surface area contributed by atoms with Gasteiger partial charge in [0, 0.05) is 38.2 Å². The second-order valence-corrected chi connectivity index (χ2v) is 12.9. The van der Waals surface area contributed by atoms with Crippen molar-refractivity contribution in [3.63, 3.8) is 0 Å². The molecule has 1 amide bonds. The highest BCUT2D eigenvalue weighted by Crippen LogP contribution is 2.25. The van der Waals surface area contributed by atoms with Crippen LogP contribution in [-0.2, 0) is 27.5 Å². The van der Waals surface area contributed by atoms with Gasteiger partial charge in [0.05, 0.1) is 23.9 Å². The quantitative estimate of drug-likeness (QED) is 0.450. The first-order valence-corrected chi connectivity index (χ1v) is 15.6. The molecular formula is C32H40N2O5S. The molecule has 0 unspecified atom stereocenters. The second kappa shape index (κ2) is 13.9. The molecule has 0 saturated carbocycles. The molecule has 0 radical (unpaired) electrons. The van der Waals surface area contributed by atoms with Crippen LogP contribution in [0.2, 0.25) is 0 Å². The average Bonchev–Trinajstić information content (AvgIpc) is 2.90. The van der Waals surface area contributed by atoms with Crippen molar-refractivity contribution in [2.75, 3.05) is 45.2 Å². The Balaban J connectivity index is 1.48. The molecule has 8 heteroatoms. The van der Waals surface area contributed by atoms with Crippen LogP contribution in [0.1, 0.15) is 46.5 Å². The van der Waals surface area contributed by atoms with Crippen molar-refractivity contribution in [2.45, 2.75) is 38.6 Å². The highest BCUT2D eigenvalue weighted by atomic mass is 32.2. The van der Waals surface area contributed by atoms with Crippen molar-refractivity contribution in [1.29, 1.82) is 0 Å². The first-order chi connectivity index (χ1) is 19.2. The minimum atomic E-state index is -3.49. The number of fused-ring (bicyclic) bond motifs is 3. The predicted molar refractivity (Wildman–Crippen MR) is 158 cm³/mol. The van der Waals surface area contributed by atoms with Gasteiger partial charge in [-0.1, -0.05) is 55.8 Å². The third kappa shape index (κ3) is 8.65. The number of benzene rings is 3. The molecule has 0 atom stereocenters. The van der Waals surface area contributed by atoms with E-state index in [2.05, 4.69) is 48.3 Å². The van der Waals surface area contributed by atoms with Crippen molar-refractivity contribution < 1.29 is 22.7 Å². The smallest absolute Gasteiger partial charge is 0.251 e. The van der Waals surface area contributed by atoms with Gasteiger partial charge in [0.15, 0.2) is 9.84 Å². The highest BCUT2D eigenvalue weighted by molar-refractivity contribution is 7.91. The van der Waals surface area contributed by atoms with Crippen LogP contribution < -0.4 is 10.1 Å². The Hall–Kier alpha value is -3.20. The zero-order chi connectivity index (χ0) is 28.5. The first-order valence-electron chi connectivity index (χ1n) is 13.9. The summed E-state index contributed by atoms with van der Waals surface area (Å²) in [7, 11) is -3.49. The topological polar surface area (TPSA) is 84.9 Å². The van der Waals surface area contributed by atoms with Crippen LogP contribution in [0.15, 0.2) is 71.6 Å². The van der Waals surface area contributed by atoms with Crippen molar-refractivity contribution in [2.24, 2.45) is 5.92 Å². The summed E-state index contributed by atoms with van der Waals surface area (Å²) in [5.74, 6) is 0.787. The van der Waals surface area contributed by atoms with E-state index < -0.39 is 9.84 Å². The summed E-state index contributed by atoms with van der Waals surface area (Å²) in [5.41, 5.74) is 4.73. The molecule has 3 aromatic rings. The molecule has 1 N–H and O–H groups in total. The number of ether oxygens (including phenoxy) is 2. The SMILES string of the molecule is Cc1ccc(S(=O)(=O)CCNC(=O)c2ccc3c(c2)Cc2cccc(c2)CN(CC(C)C)CCOCCO3)cc1. The number of carbonyl (C=O) groups is 1. The molecular weight excluding hydrogens is 524 g/mol. The van der Waals surface area contributed by atoms with Gasteiger partial charge in [-0.2, -0.15) is 0 Å². The molecule has 1 heterocycles. The van der Waals surface area contributed by atoms with Gasteiger partial charge in [0.1, 0.15) is 12.4 Å². The Morgan fingerprint density at radius 3 is 2.52 bits per heavy atom. The molecule has 0 fully saturated rings. The number of nitrogens with zero attached hydrogens (tertiary/aromatic N) is 1. The molecule has 40 heavy (non-hydrogen) atoms. The van der Waals surface area contributed by atoms with Gasteiger partial charge in [-0.15, -0.1) is 0 Å². The molecule has 0 aliphatic carbocycles. The van der Waals surface area contributed by atoms with E-state index in [0.717, 1.165) is 36.3 Å². The lowest BCUT2D eigenvalue weighted by Gasteiger charge is -2.25. The first kappa shape index (κ1) is 29.8. The van der Waals surface area contributed by atoms with Gasteiger partial charge in [-0.05, 0) is 59.9 Å². The van der Waals surface area contributed by atoms with Crippen LogP contribution in [0.5, 0.6) is 5.75 Å². The fraction of sp³-hybridized carbons (Fsp3) is 0.406. The van der Waals surface area contributed by atoms with E-state index in [1.54, 1.807) is 30.3 Å². The summed E-state index contributed by atoms with van der Waals surface area (Å²) < 4.78 is 37.2. The summed E-state index contributed by atoms with van der Waals surface area (Å²) in [6.45, 7) is 10.6. The predicted octanol–water partition coefficient (Wildman–Crippen LogP) is 4.66. The lowest BCUT2D eigenvalue weighted by atomic mass is 9.99. The normalized spacial score (nSPS) is 15.1. The Bertz CT molecular complexity index is 1390. The van der Waals surface area contributed by atoms with Crippen LogP contribution in [0, 0.1) is 12.8 Å². The molecule has 0 saturated heterocycles. The molecule has 3 aromatic carbocycles. The van der Waals surface area contributed by atoms with Crippen LogP contribution in [0.3, 0.4) is 0 Å². The van der Waals surface area contributed by atoms with E-state index in [9.17, 15) is 13.2 Å². The lowest BCUT2D eigenvalue weighted by Crippen LogP contribution is -2.31. The fourth-order valence-electron chi connectivity index (χ4n) is 4.84. The van der Waals surface area contributed by atoms with E-state index in [4.69, 9.17) is 9.47 Å². The number of nitrogens with one attached hydrogen (secondary N) is 1. The summed E-state index contributed by atoms with van der Waals surface area (Å²) in [4.78, 5) is 15.7. The van der Waals surface area contributed by atoms with Gasteiger partial charge in [-0.25, -0.2) is 8.42 Å². The van der Waals surface area contributed by atoms with E-state index in [0.29, 0.717) is 43.5 Å². The van der Waals surface area contributed by atoms with E-state index in [1.165, 1.54) is 5.56 Å². The number of sulfone groups is 1. The Morgan fingerprint density at radius 2 is 1.75 bits per heavy atom. The number of hydrogen-bond acceptors (Lipinski definition) is 6. The number of carbonyl (C=O) groups excluding carboxylic acids is 1. The van der Waals surface area contributed by atoms with Gasteiger partial charge in [0.2, 0.25) is 0 Å². The van der Waals surface area contributed by atoms with Crippen LogP contribution in [-0.4, -0.2) is 64.4 Å². The molecule has 214 valence electrons. The number of amides is 1. The number of aryl methyl sites for hydroxylation is 1. The zero-order valence-electron chi connectivity index (χ0n) is 23.7. The summed E-state index contributed by atoms with van der Waals surface area (Å²) in [6, 6.07) is 20.6. The number of rotatable bonds is 7. The minimum Gasteiger partial charge on any atom is -0.491 e. The highest BCUT2D eigenvalue weighted by Gasteiger charge is 2.17. The Morgan fingerprint density at radius 1 is 0.975 bits per heavy atom. The molecule has 1 aliphatic rings. The third-order valence-electron chi connectivity index (χ3n) is 6.81. The molecule has 7 nitrogen and oxygen atoms in total. The maximum Gasteiger partial charge on any atom is 0.251 e. The third-order valence-corrected chi connectivity index (χ3v) is 8.54. The standard InChI is InChI=1S/C32H40N2O5S/c1-24(2)22-34-14-15-38-16-17-39-31-12-9-28(21-29(31)20-26-5-4-6-27(19-26)23-34)32(35)33-13-18-40(36,37)30-10-7-25(3)8-11-30/h4-12,19,21,24H,13-18,20,22-23H2,1-3H3,(H,33,35). The number of hydrogen-bond donors (Lipinski definition) is 1. The van der Waals surface area contributed by atoms with Crippen molar-refractivity contribution in [3.8, 4) is 5.75 Å². The molecule has 1 aliphatic heterocycles. The Kier molecular flexibility index (Phi) is 10.4. The van der Waals surface area contributed by atoms with Crippen molar-refractivity contribution in [3.05, 3.63) is 94.5 Å². The van der Waals surface area contributed by atoms with Gasteiger partial charge in [0.25, 0.3) is 5.91 Å². The largest absolute Gasteiger partial charge is 0.491 e. The van der Waals surface area contributed by atoms with Crippen molar-refractivity contribution in [1.82, 2.24) is 10.2 Å². The van der Waals surface area contributed by atoms with Gasteiger partial charge in [-0.3, -0.25) is 9.69 Å². The second-order valence-electron chi connectivity index (χ2n) is 10.8. The van der Waals surface area contributed by atoms with E-state index in [-0.39, 0.29) is 23.1 Å². The van der Waals surface area contributed by atoms with Crippen LogP contribution in [0.25, 0.3) is 0 Å². The molecule has 4 rings (SSSR count).